The predicted octanol–water partition coefficient (Wildman–Crippen LogP) is 5.10. The fourth-order valence-corrected chi connectivity index (χ4v) is 2.78. The van der Waals surface area contributed by atoms with Crippen molar-refractivity contribution in [1.82, 2.24) is 9.97 Å². The summed E-state index contributed by atoms with van der Waals surface area (Å²) < 4.78 is 0. The van der Waals surface area contributed by atoms with Crippen LogP contribution in [0.15, 0.2) is 60.8 Å². The second kappa shape index (κ2) is 7.74. The fourth-order valence-electron chi connectivity index (χ4n) is 2.78. The maximum absolute atomic E-state index is 11.2. The molecule has 4 nitrogen and oxygen atoms in total. The van der Waals surface area contributed by atoms with E-state index in [0.29, 0.717) is 5.69 Å². The molecule has 3 aromatic rings. The number of carboxylic acid groups (broad SMARTS) is 1. The van der Waals surface area contributed by atoms with E-state index in [1.165, 1.54) is 17.2 Å². The standard InChI is InChI=1S/C22H20N2O2/c1-3-16(17-8-5-4-6-9-17)12-18-13-19(14-23-15(18)2)20-10-7-11-21(24-20)22(25)26/h4-14H,3H2,1-2H3,(H,25,26)/b16-12+. The van der Waals surface area contributed by atoms with Crippen molar-refractivity contribution in [1.29, 1.82) is 0 Å². The van der Waals surface area contributed by atoms with Gasteiger partial charge >= 0.3 is 5.97 Å². The quantitative estimate of drug-likeness (QED) is 0.699. The Balaban J connectivity index is 2.04. The topological polar surface area (TPSA) is 63.1 Å². The van der Waals surface area contributed by atoms with Crippen molar-refractivity contribution in [3.8, 4) is 11.3 Å². The van der Waals surface area contributed by atoms with Gasteiger partial charge in [0.25, 0.3) is 0 Å². The van der Waals surface area contributed by atoms with E-state index in [0.717, 1.165) is 23.2 Å². The third-order valence-electron chi connectivity index (χ3n) is 4.25. The number of hydrogen-bond acceptors (Lipinski definition) is 3. The molecule has 0 fully saturated rings. The molecule has 130 valence electrons. The van der Waals surface area contributed by atoms with Gasteiger partial charge in [-0.3, -0.25) is 4.98 Å². The van der Waals surface area contributed by atoms with Gasteiger partial charge in [-0.25, -0.2) is 9.78 Å². The Kier molecular flexibility index (Phi) is 5.23. The maximum atomic E-state index is 11.2. The van der Waals surface area contributed by atoms with Gasteiger partial charge in [0.15, 0.2) is 0 Å². The second-order valence-electron chi connectivity index (χ2n) is 6.00. The van der Waals surface area contributed by atoms with E-state index in [9.17, 15) is 4.79 Å². The summed E-state index contributed by atoms with van der Waals surface area (Å²) in [6.07, 6.45) is 4.78. The molecule has 26 heavy (non-hydrogen) atoms. The van der Waals surface area contributed by atoms with Crippen molar-refractivity contribution >= 4 is 17.6 Å². The summed E-state index contributed by atoms with van der Waals surface area (Å²) in [5, 5.41) is 9.14. The largest absolute Gasteiger partial charge is 0.477 e. The minimum Gasteiger partial charge on any atom is -0.477 e. The molecule has 1 N–H and O–H groups in total. The number of aryl methyl sites for hydroxylation is 1. The number of pyridine rings is 2. The second-order valence-corrected chi connectivity index (χ2v) is 6.00. The van der Waals surface area contributed by atoms with Crippen LogP contribution in [0.3, 0.4) is 0 Å². The number of aromatic nitrogens is 2. The molecular formula is C22H20N2O2. The van der Waals surface area contributed by atoms with E-state index in [-0.39, 0.29) is 5.69 Å². The summed E-state index contributed by atoms with van der Waals surface area (Å²) in [7, 11) is 0. The van der Waals surface area contributed by atoms with Crippen molar-refractivity contribution in [3.63, 3.8) is 0 Å². The van der Waals surface area contributed by atoms with Crippen molar-refractivity contribution in [2.75, 3.05) is 0 Å². The number of carboxylic acids is 1. The number of aromatic carboxylic acids is 1. The molecule has 1 aromatic carbocycles. The fraction of sp³-hybridized carbons (Fsp3) is 0.136. The van der Waals surface area contributed by atoms with Gasteiger partial charge in [0, 0.05) is 17.5 Å². The van der Waals surface area contributed by atoms with Crippen LogP contribution in [0.2, 0.25) is 0 Å². The van der Waals surface area contributed by atoms with E-state index in [2.05, 4.69) is 35.1 Å². The smallest absolute Gasteiger partial charge is 0.354 e. The van der Waals surface area contributed by atoms with Crippen molar-refractivity contribution in [2.24, 2.45) is 0 Å². The van der Waals surface area contributed by atoms with Crippen molar-refractivity contribution in [2.45, 2.75) is 20.3 Å². The van der Waals surface area contributed by atoms with Gasteiger partial charge in [0.05, 0.1) is 5.69 Å². The highest BCUT2D eigenvalue weighted by Crippen LogP contribution is 2.25. The summed E-state index contributed by atoms with van der Waals surface area (Å²) in [6, 6.07) is 17.2. The molecule has 0 saturated heterocycles. The molecule has 0 radical (unpaired) electrons. The third-order valence-corrected chi connectivity index (χ3v) is 4.25. The summed E-state index contributed by atoms with van der Waals surface area (Å²) in [4.78, 5) is 19.8. The van der Waals surface area contributed by atoms with Gasteiger partial charge in [-0.2, -0.15) is 0 Å². The molecule has 4 heteroatoms. The Morgan fingerprint density at radius 1 is 1.12 bits per heavy atom. The van der Waals surface area contributed by atoms with Gasteiger partial charge in [-0.15, -0.1) is 0 Å². The highest BCUT2D eigenvalue weighted by atomic mass is 16.4. The first-order valence-corrected chi connectivity index (χ1v) is 8.52. The van der Waals surface area contributed by atoms with Gasteiger partial charge in [0.1, 0.15) is 5.69 Å². The summed E-state index contributed by atoms with van der Waals surface area (Å²) in [5.41, 5.74) is 5.76. The molecule has 0 bridgehead atoms. The first-order chi connectivity index (χ1) is 12.6. The number of nitrogens with zero attached hydrogens (tertiary/aromatic N) is 2. The van der Waals surface area contributed by atoms with Crippen LogP contribution in [0, 0.1) is 6.92 Å². The molecule has 2 aromatic heterocycles. The molecule has 0 spiro atoms. The van der Waals surface area contributed by atoms with Crippen LogP contribution in [0.4, 0.5) is 0 Å². The van der Waals surface area contributed by atoms with E-state index in [1.54, 1.807) is 18.3 Å². The summed E-state index contributed by atoms with van der Waals surface area (Å²) in [5.74, 6) is -1.04. The molecule has 0 amide bonds. The zero-order valence-corrected chi connectivity index (χ0v) is 14.8. The average molecular weight is 344 g/mol. The molecule has 0 unspecified atom stereocenters. The molecule has 0 aliphatic carbocycles. The van der Waals surface area contributed by atoms with Crippen LogP contribution in [0.1, 0.15) is 40.7 Å². The van der Waals surface area contributed by atoms with E-state index in [4.69, 9.17) is 5.11 Å². The first-order valence-electron chi connectivity index (χ1n) is 8.52. The average Bonchev–Trinajstić information content (AvgIpc) is 2.68. The van der Waals surface area contributed by atoms with Crippen molar-refractivity contribution < 1.29 is 9.90 Å². The summed E-state index contributed by atoms with van der Waals surface area (Å²) in [6.45, 7) is 4.10. The normalized spacial score (nSPS) is 11.4. The van der Waals surface area contributed by atoms with E-state index in [1.807, 2.05) is 31.2 Å². The lowest BCUT2D eigenvalue weighted by Crippen LogP contribution is -2.01. The molecule has 0 atom stereocenters. The molecule has 0 aliphatic rings. The lowest BCUT2D eigenvalue weighted by Gasteiger charge is -2.09. The number of allylic oxidation sites excluding steroid dienone is 1. The minimum absolute atomic E-state index is 0.0266. The van der Waals surface area contributed by atoms with Crippen LogP contribution in [-0.2, 0) is 0 Å². The SMILES string of the molecule is CC/C(=C\c1cc(-c2cccc(C(=O)O)n2)cnc1C)c1ccccc1. The van der Waals surface area contributed by atoms with E-state index < -0.39 is 5.97 Å². The van der Waals surface area contributed by atoms with Crippen LogP contribution in [0.25, 0.3) is 22.9 Å². The Labute approximate surface area is 152 Å². The molecular weight excluding hydrogens is 324 g/mol. The first kappa shape index (κ1) is 17.5. The van der Waals surface area contributed by atoms with Gasteiger partial charge in [-0.1, -0.05) is 43.3 Å². The van der Waals surface area contributed by atoms with Crippen LogP contribution < -0.4 is 0 Å². The van der Waals surface area contributed by atoms with Crippen LogP contribution in [-0.4, -0.2) is 21.0 Å². The zero-order valence-electron chi connectivity index (χ0n) is 14.8. The number of benzene rings is 1. The monoisotopic (exact) mass is 344 g/mol. The number of rotatable bonds is 5. The van der Waals surface area contributed by atoms with Gasteiger partial charge in [-0.05, 0) is 54.3 Å². The van der Waals surface area contributed by atoms with Gasteiger partial charge in [0.2, 0.25) is 0 Å². The van der Waals surface area contributed by atoms with Gasteiger partial charge < -0.3 is 5.11 Å². The highest BCUT2D eigenvalue weighted by Gasteiger charge is 2.09. The Morgan fingerprint density at radius 3 is 2.58 bits per heavy atom. The highest BCUT2D eigenvalue weighted by molar-refractivity contribution is 5.86. The van der Waals surface area contributed by atoms with Crippen molar-refractivity contribution in [3.05, 3.63) is 83.3 Å². The number of hydrogen-bond donors (Lipinski definition) is 1. The predicted molar refractivity (Wildman–Crippen MR) is 104 cm³/mol. The van der Waals surface area contributed by atoms with E-state index >= 15 is 0 Å². The maximum Gasteiger partial charge on any atom is 0.354 e. The zero-order chi connectivity index (χ0) is 18.5. The molecule has 3 rings (SSSR count). The molecule has 2 heterocycles. The number of carbonyl (C=O) groups is 1. The minimum atomic E-state index is -1.04. The molecule has 0 saturated carbocycles. The lowest BCUT2D eigenvalue weighted by atomic mass is 9.99. The third kappa shape index (κ3) is 3.86. The summed E-state index contributed by atoms with van der Waals surface area (Å²) >= 11 is 0. The Morgan fingerprint density at radius 2 is 1.88 bits per heavy atom. The lowest BCUT2D eigenvalue weighted by molar-refractivity contribution is 0.0690. The molecule has 0 aliphatic heterocycles. The Bertz CT molecular complexity index is 963. The van der Waals surface area contributed by atoms with Crippen LogP contribution in [0.5, 0.6) is 0 Å². The van der Waals surface area contributed by atoms with Crippen LogP contribution >= 0.6 is 0 Å². The Hall–Kier alpha value is -3.27.